The lowest BCUT2D eigenvalue weighted by Gasteiger charge is -2.26. The Hall–Kier alpha value is -0.210. The zero-order chi connectivity index (χ0) is 11.0. The van der Waals surface area contributed by atoms with Crippen molar-refractivity contribution in [3.8, 4) is 0 Å². The molecule has 1 aliphatic carbocycles. The van der Waals surface area contributed by atoms with Crippen molar-refractivity contribution in [2.45, 2.75) is 52.6 Å². The third kappa shape index (κ3) is 1.91. The highest BCUT2D eigenvalue weighted by Crippen LogP contribution is 2.65. The van der Waals surface area contributed by atoms with Crippen LogP contribution in [0.5, 0.6) is 0 Å². The molecule has 0 bridgehead atoms. The van der Waals surface area contributed by atoms with E-state index >= 15 is 0 Å². The molecule has 0 aliphatic heterocycles. The van der Waals surface area contributed by atoms with Crippen molar-refractivity contribution in [1.82, 2.24) is 0 Å². The van der Waals surface area contributed by atoms with Crippen LogP contribution in [-0.2, 0) is 0 Å². The van der Waals surface area contributed by atoms with E-state index in [2.05, 4.69) is 0 Å². The molecule has 0 aromatic rings. The molecule has 1 aliphatic rings. The summed E-state index contributed by atoms with van der Waals surface area (Å²) in [6.07, 6.45) is -0.625. The zero-order valence-electron chi connectivity index (χ0n) is 9.12. The zero-order valence-corrected chi connectivity index (χ0v) is 9.12. The molecule has 0 radical (unpaired) electrons. The average molecular weight is 208 g/mol. The third-order valence-corrected chi connectivity index (χ3v) is 3.93. The maximum atomic E-state index is 12.6. The van der Waals surface area contributed by atoms with Crippen molar-refractivity contribution in [1.29, 1.82) is 0 Å². The summed E-state index contributed by atoms with van der Waals surface area (Å²) in [4.78, 5) is 0. The summed E-state index contributed by atoms with van der Waals surface area (Å²) in [5, 5.41) is 0. The first-order valence-electron chi connectivity index (χ1n) is 5.45. The van der Waals surface area contributed by atoms with Crippen molar-refractivity contribution in [2.24, 2.45) is 17.3 Å². The van der Waals surface area contributed by atoms with Crippen molar-refractivity contribution in [2.75, 3.05) is 0 Å². The van der Waals surface area contributed by atoms with Crippen LogP contribution in [0.1, 0.15) is 46.5 Å². The van der Waals surface area contributed by atoms with Gasteiger partial charge in [-0.05, 0) is 24.2 Å². The van der Waals surface area contributed by atoms with Gasteiger partial charge < -0.3 is 0 Å². The predicted octanol–water partition coefficient (Wildman–Crippen LogP) is 4.40. The summed E-state index contributed by atoms with van der Waals surface area (Å²) in [5.41, 5.74) is -0.422. The number of hydrogen-bond acceptors (Lipinski definition) is 0. The van der Waals surface area contributed by atoms with E-state index in [9.17, 15) is 13.2 Å². The van der Waals surface area contributed by atoms with Crippen molar-refractivity contribution in [3.63, 3.8) is 0 Å². The Morgan fingerprint density at radius 3 is 2.29 bits per heavy atom. The van der Waals surface area contributed by atoms with Crippen LogP contribution in [0.15, 0.2) is 0 Å². The monoisotopic (exact) mass is 208 g/mol. The van der Waals surface area contributed by atoms with Gasteiger partial charge in [0.2, 0.25) is 0 Å². The fraction of sp³-hybridized carbons (Fsp3) is 1.00. The molecule has 3 unspecified atom stereocenters. The van der Waals surface area contributed by atoms with Crippen LogP contribution in [0.25, 0.3) is 0 Å². The maximum absolute atomic E-state index is 12.6. The molecular weight excluding hydrogens is 189 g/mol. The standard InChI is InChI=1S/C11H19F3/c1-4-6-9-7-10(9,5-2)8(3)11(12,13)14/h8-9H,4-7H2,1-3H3. The van der Waals surface area contributed by atoms with E-state index in [1.807, 2.05) is 13.8 Å². The Morgan fingerprint density at radius 2 is 1.93 bits per heavy atom. The van der Waals surface area contributed by atoms with E-state index < -0.39 is 17.5 Å². The first kappa shape index (κ1) is 11.9. The van der Waals surface area contributed by atoms with Crippen LogP contribution in [0.2, 0.25) is 0 Å². The van der Waals surface area contributed by atoms with Gasteiger partial charge in [-0.3, -0.25) is 0 Å². The van der Waals surface area contributed by atoms with Gasteiger partial charge in [0, 0.05) is 0 Å². The fourth-order valence-corrected chi connectivity index (χ4v) is 2.73. The smallest absolute Gasteiger partial charge is 0.171 e. The maximum Gasteiger partial charge on any atom is 0.392 e. The molecule has 0 aromatic heterocycles. The Labute approximate surface area is 83.9 Å². The van der Waals surface area contributed by atoms with Crippen LogP contribution in [0.3, 0.4) is 0 Å². The molecular formula is C11H19F3. The van der Waals surface area contributed by atoms with Crippen molar-refractivity contribution < 1.29 is 13.2 Å². The van der Waals surface area contributed by atoms with Crippen LogP contribution < -0.4 is 0 Å². The SMILES string of the molecule is CCCC1CC1(CC)C(C)C(F)(F)F. The normalized spacial score (nSPS) is 34.3. The van der Waals surface area contributed by atoms with E-state index in [4.69, 9.17) is 0 Å². The van der Waals surface area contributed by atoms with Gasteiger partial charge in [0.15, 0.2) is 0 Å². The molecule has 0 N–H and O–H groups in total. The summed E-state index contributed by atoms with van der Waals surface area (Å²) in [6.45, 7) is 5.27. The lowest BCUT2D eigenvalue weighted by atomic mass is 9.84. The molecule has 0 nitrogen and oxygen atoms in total. The molecule has 3 heteroatoms. The molecule has 84 valence electrons. The molecule has 0 saturated heterocycles. The van der Waals surface area contributed by atoms with E-state index in [0.717, 1.165) is 19.3 Å². The summed E-state index contributed by atoms with van der Waals surface area (Å²) in [6, 6.07) is 0. The molecule has 0 spiro atoms. The van der Waals surface area contributed by atoms with E-state index in [1.54, 1.807) is 0 Å². The van der Waals surface area contributed by atoms with E-state index in [-0.39, 0.29) is 0 Å². The number of hydrogen-bond donors (Lipinski definition) is 0. The molecule has 1 saturated carbocycles. The molecule has 14 heavy (non-hydrogen) atoms. The number of halogens is 3. The van der Waals surface area contributed by atoms with Crippen molar-refractivity contribution in [3.05, 3.63) is 0 Å². The Morgan fingerprint density at radius 1 is 1.36 bits per heavy atom. The first-order valence-corrected chi connectivity index (χ1v) is 5.45. The van der Waals surface area contributed by atoms with Crippen LogP contribution >= 0.6 is 0 Å². The molecule has 3 atom stereocenters. The number of alkyl halides is 3. The number of rotatable bonds is 4. The second-order valence-electron chi connectivity index (χ2n) is 4.54. The topological polar surface area (TPSA) is 0 Å². The quantitative estimate of drug-likeness (QED) is 0.642. The largest absolute Gasteiger partial charge is 0.392 e. The van der Waals surface area contributed by atoms with Crippen LogP contribution in [0.4, 0.5) is 13.2 Å². The van der Waals surface area contributed by atoms with Gasteiger partial charge in [0.1, 0.15) is 0 Å². The molecule has 1 fully saturated rings. The molecule has 0 amide bonds. The first-order chi connectivity index (χ1) is 6.38. The summed E-state index contributed by atoms with van der Waals surface area (Å²) >= 11 is 0. The summed E-state index contributed by atoms with van der Waals surface area (Å²) < 4.78 is 37.8. The van der Waals surface area contributed by atoms with Gasteiger partial charge in [-0.15, -0.1) is 0 Å². The highest BCUT2D eigenvalue weighted by molar-refractivity contribution is 5.05. The highest BCUT2D eigenvalue weighted by Gasteiger charge is 2.62. The van der Waals surface area contributed by atoms with E-state index in [0.29, 0.717) is 12.3 Å². The Kier molecular flexibility index (Phi) is 3.17. The fourth-order valence-electron chi connectivity index (χ4n) is 2.73. The minimum Gasteiger partial charge on any atom is -0.171 e. The van der Waals surface area contributed by atoms with Gasteiger partial charge in [-0.2, -0.15) is 13.2 Å². The Balaban J connectivity index is 2.65. The minimum atomic E-state index is -4.02. The third-order valence-electron chi connectivity index (χ3n) is 3.93. The lowest BCUT2D eigenvalue weighted by molar-refractivity contribution is -0.190. The van der Waals surface area contributed by atoms with Crippen LogP contribution in [0, 0.1) is 17.3 Å². The second-order valence-corrected chi connectivity index (χ2v) is 4.54. The van der Waals surface area contributed by atoms with E-state index in [1.165, 1.54) is 6.92 Å². The molecule has 0 heterocycles. The average Bonchev–Trinajstić information content (AvgIpc) is 2.78. The van der Waals surface area contributed by atoms with Gasteiger partial charge >= 0.3 is 6.18 Å². The minimum absolute atomic E-state index is 0.314. The second kappa shape index (κ2) is 3.74. The summed E-state index contributed by atoms with van der Waals surface area (Å²) in [5.74, 6) is -0.814. The van der Waals surface area contributed by atoms with Crippen molar-refractivity contribution >= 4 is 0 Å². The van der Waals surface area contributed by atoms with Crippen LogP contribution in [-0.4, -0.2) is 6.18 Å². The molecule has 0 aromatic carbocycles. The molecule has 1 rings (SSSR count). The Bertz CT molecular complexity index is 197. The lowest BCUT2D eigenvalue weighted by Crippen LogP contribution is -2.30. The van der Waals surface area contributed by atoms with Gasteiger partial charge in [0.25, 0.3) is 0 Å². The predicted molar refractivity (Wildman–Crippen MR) is 51.0 cm³/mol. The highest BCUT2D eigenvalue weighted by atomic mass is 19.4. The van der Waals surface area contributed by atoms with Gasteiger partial charge in [-0.1, -0.05) is 33.6 Å². The van der Waals surface area contributed by atoms with Gasteiger partial charge in [0.05, 0.1) is 5.92 Å². The summed E-state index contributed by atoms with van der Waals surface area (Å²) in [7, 11) is 0. The van der Waals surface area contributed by atoms with Gasteiger partial charge in [-0.25, -0.2) is 0 Å².